The van der Waals surface area contributed by atoms with Gasteiger partial charge < -0.3 is 10.6 Å². The van der Waals surface area contributed by atoms with E-state index in [1.165, 1.54) is 12.2 Å². The van der Waals surface area contributed by atoms with Crippen molar-refractivity contribution in [2.75, 3.05) is 18.8 Å². The van der Waals surface area contributed by atoms with Crippen LogP contribution in [0.4, 0.5) is 0 Å². The lowest BCUT2D eigenvalue weighted by atomic mass is 9.90. The van der Waals surface area contributed by atoms with Crippen LogP contribution in [0.25, 0.3) is 0 Å². The molecule has 11 heteroatoms. The van der Waals surface area contributed by atoms with Crippen molar-refractivity contribution in [3.05, 3.63) is 23.4 Å². The van der Waals surface area contributed by atoms with Gasteiger partial charge in [0.2, 0.25) is 11.8 Å². The van der Waals surface area contributed by atoms with E-state index in [1.807, 2.05) is 5.32 Å². The molecule has 2 fully saturated rings. The molecule has 2 aliphatic heterocycles. The molecular weight excluding hydrogens is 366 g/mol. The average molecular weight is 385 g/mol. The summed E-state index contributed by atoms with van der Waals surface area (Å²) in [5.74, 6) is -5.23. The van der Waals surface area contributed by atoms with Gasteiger partial charge >= 0.3 is 0 Å². The Morgan fingerprint density at radius 1 is 1.31 bits per heavy atom. The summed E-state index contributed by atoms with van der Waals surface area (Å²) >= 11 is 0. The number of nitrogens with two attached hydrogens (primary N) is 1. The molecule has 0 aliphatic carbocycles. The second kappa shape index (κ2) is 7.79. The molecule has 0 saturated carbocycles. The molecule has 0 aromatic rings. The van der Waals surface area contributed by atoms with Gasteiger partial charge in [-0.25, -0.2) is 0 Å². The van der Waals surface area contributed by atoms with E-state index in [4.69, 9.17) is 10.3 Å². The van der Waals surface area contributed by atoms with Crippen molar-refractivity contribution >= 4 is 33.6 Å². The molecule has 0 bridgehead atoms. The maximum Gasteiger partial charge on any atom is 0.264 e. The van der Waals surface area contributed by atoms with Crippen molar-refractivity contribution in [2.45, 2.75) is 19.3 Å². The highest BCUT2D eigenvalue weighted by Crippen LogP contribution is 2.22. The molecule has 10 nitrogen and oxygen atoms in total. The van der Waals surface area contributed by atoms with Crippen molar-refractivity contribution < 1.29 is 32.1 Å². The normalized spacial score (nSPS) is 24.4. The first-order valence-corrected chi connectivity index (χ1v) is 9.48. The van der Waals surface area contributed by atoms with Crippen LogP contribution in [0.3, 0.4) is 0 Å². The molecule has 0 spiro atoms. The molecule has 1 unspecified atom stereocenters. The number of rotatable bonds is 6. The molecule has 2 heterocycles. The summed E-state index contributed by atoms with van der Waals surface area (Å²) in [6, 6.07) is 0. The van der Waals surface area contributed by atoms with Gasteiger partial charge in [-0.1, -0.05) is 0 Å². The number of carbonyl (C=O) groups is 4. The number of nitrogens with one attached hydrogen (secondary N) is 1. The fraction of sp³-hybridized carbons (Fsp3) is 0.467. The number of primary amides is 1. The number of likely N-dealkylation sites (tertiary alicyclic amines) is 1. The molecule has 4 N–H and O–H groups in total. The van der Waals surface area contributed by atoms with Crippen molar-refractivity contribution in [3.8, 4) is 0 Å². The third kappa shape index (κ3) is 4.99. The lowest BCUT2D eigenvalue weighted by molar-refractivity contribution is -0.139. The maximum absolute atomic E-state index is 12.4. The van der Waals surface area contributed by atoms with Gasteiger partial charge in [-0.05, 0) is 31.4 Å². The predicted molar refractivity (Wildman–Crippen MR) is 88.8 cm³/mol. The largest absolute Gasteiger partial charge is 0.368 e. The Morgan fingerprint density at radius 3 is 2.62 bits per heavy atom. The molecular formula is C15H19N3O7S. The summed E-state index contributed by atoms with van der Waals surface area (Å²) < 4.78 is 30.5. The minimum atomic E-state index is -4.34. The lowest BCUT2D eigenvalue weighted by Crippen LogP contribution is -2.48. The number of hydrogen-bond donors (Lipinski definition) is 3. The van der Waals surface area contributed by atoms with Gasteiger partial charge in [-0.3, -0.25) is 29.0 Å². The van der Waals surface area contributed by atoms with E-state index in [0.29, 0.717) is 13.0 Å². The van der Waals surface area contributed by atoms with E-state index >= 15 is 0 Å². The number of piperidine rings is 1. The second-order valence-electron chi connectivity index (χ2n) is 6.04. The first-order chi connectivity index (χ1) is 12.1. The molecule has 2 aliphatic rings. The Hall–Kier alpha value is -2.53. The summed E-state index contributed by atoms with van der Waals surface area (Å²) in [5.41, 5.74) is 5.61. The van der Waals surface area contributed by atoms with Gasteiger partial charge in [0, 0.05) is 12.2 Å². The summed E-state index contributed by atoms with van der Waals surface area (Å²) in [7, 11) is -4.34. The zero-order chi connectivity index (χ0) is 19.5. The quantitative estimate of drug-likeness (QED) is 0.163. The van der Waals surface area contributed by atoms with E-state index in [-0.39, 0.29) is 12.1 Å². The Kier molecular flexibility index (Phi) is 5.93. The molecule has 142 valence electrons. The van der Waals surface area contributed by atoms with E-state index in [2.05, 4.69) is 0 Å². The van der Waals surface area contributed by atoms with E-state index in [1.54, 1.807) is 4.90 Å². The van der Waals surface area contributed by atoms with Gasteiger partial charge in [-0.15, -0.1) is 0 Å². The fourth-order valence-electron chi connectivity index (χ4n) is 2.86. The third-order valence-corrected chi connectivity index (χ3v) is 4.85. The second-order valence-corrected chi connectivity index (χ2v) is 7.61. The Morgan fingerprint density at radius 2 is 2.00 bits per heavy atom. The van der Waals surface area contributed by atoms with Crippen molar-refractivity contribution in [1.82, 2.24) is 10.2 Å². The first-order valence-electron chi connectivity index (χ1n) is 7.87. The van der Waals surface area contributed by atoms with Crippen LogP contribution in [-0.2, 0) is 29.3 Å². The number of ketones is 1. The first kappa shape index (κ1) is 19.8. The molecule has 1 atom stereocenters. The summed E-state index contributed by atoms with van der Waals surface area (Å²) in [6.45, 7) is 0.637. The van der Waals surface area contributed by atoms with Crippen LogP contribution in [-0.4, -0.2) is 60.2 Å². The highest BCUT2D eigenvalue weighted by Gasteiger charge is 2.38. The van der Waals surface area contributed by atoms with Crippen molar-refractivity contribution in [1.29, 1.82) is 0 Å². The third-order valence-electron chi connectivity index (χ3n) is 4.10. The number of allylic oxidation sites excluding steroid dienone is 3. The monoisotopic (exact) mass is 385 g/mol. The minimum absolute atomic E-state index is 0.0185. The zero-order valence-electron chi connectivity index (χ0n) is 13.8. The fourth-order valence-corrected chi connectivity index (χ4v) is 3.40. The zero-order valence-corrected chi connectivity index (χ0v) is 14.6. The Balaban J connectivity index is 2.20. The average Bonchev–Trinajstić information content (AvgIpc) is 2.91. The highest BCUT2D eigenvalue weighted by molar-refractivity contribution is 7.85. The summed E-state index contributed by atoms with van der Waals surface area (Å²) in [5, 5.41) is 2.00. The van der Waals surface area contributed by atoms with Crippen molar-refractivity contribution in [3.63, 3.8) is 0 Å². The molecule has 0 aromatic heterocycles. The van der Waals surface area contributed by atoms with E-state index < -0.39 is 51.7 Å². The molecule has 0 radical (unpaired) electrons. The van der Waals surface area contributed by atoms with Gasteiger partial charge in [-0.2, -0.15) is 8.42 Å². The lowest BCUT2D eigenvalue weighted by Gasteiger charge is -2.21. The van der Waals surface area contributed by atoms with Crippen LogP contribution in [0.1, 0.15) is 19.3 Å². The number of carbonyl (C=O) groups excluding carboxylic acids is 4. The summed E-state index contributed by atoms with van der Waals surface area (Å²) in [6.07, 6.45) is 3.76. The molecule has 2 saturated heterocycles. The SMILES string of the molecule is NC(=O)CN1CCCC1=CC=C1C(=O)NC(=O)C(CCS(=O)(=O)O)C1=O. The van der Waals surface area contributed by atoms with Gasteiger partial charge in [0.05, 0.1) is 17.9 Å². The highest BCUT2D eigenvalue weighted by atomic mass is 32.2. The van der Waals surface area contributed by atoms with Crippen LogP contribution >= 0.6 is 0 Å². The standard InChI is InChI=1S/C15H19N3O7S/c16-12(19)8-18-6-1-2-9(18)3-4-10-13(20)11(5-7-26(23,24)25)15(22)17-14(10)21/h3-4,11H,1-2,5-8H2,(H2,16,19)(H,17,21,22)(H,23,24,25). The van der Waals surface area contributed by atoms with E-state index in [0.717, 1.165) is 12.1 Å². The van der Waals surface area contributed by atoms with Gasteiger partial charge in [0.1, 0.15) is 5.92 Å². The topological polar surface area (TPSA) is 164 Å². The number of amides is 3. The van der Waals surface area contributed by atoms with Crippen LogP contribution < -0.4 is 11.1 Å². The molecule has 26 heavy (non-hydrogen) atoms. The number of Topliss-reactive ketones (excluding diaryl/α,β-unsaturated/α-hetero) is 1. The summed E-state index contributed by atoms with van der Waals surface area (Å²) in [4.78, 5) is 48.9. The van der Waals surface area contributed by atoms with Crippen molar-refractivity contribution in [2.24, 2.45) is 11.7 Å². The van der Waals surface area contributed by atoms with Crippen LogP contribution in [0, 0.1) is 5.92 Å². The number of nitrogens with zero attached hydrogens (tertiary/aromatic N) is 1. The van der Waals surface area contributed by atoms with Crippen LogP contribution in [0.2, 0.25) is 0 Å². The molecule has 2 rings (SSSR count). The Labute approximate surface area is 149 Å². The number of hydrogen-bond acceptors (Lipinski definition) is 7. The number of imide groups is 1. The Bertz CT molecular complexity index is 813. The molecule has 0 aromatic carbocycles. The van der Waals surface area contributed by atoms with Gasteiger partial charge in [0.25, 0.3) is 16.0 Å². The van der Waals surface area contributed by atoms with E-state index in [9.17, 15) is 27.6 Å². The molecule has 3 amide bonds. The van der Waals surface area contributed by atoms with Crippen LogP contribution in [0.5, 0.6) is 0 Å². The maximum atomic E-state index is 12.4. The minimum Gasteiger partial charge on any atom is -0.368 e. The van der Waals surface area contributed by atoms with Crippen LogP contribution in [0.15, 0.2) is 23.4 Å². The van der Waals surface area contributed by atoms with Gasteiger partial charge in [0.15, 0.2) is 5.78 Å². The smallest absolute Gasteiger partial charge is 0.264 e. The predicted octanol–water partition coefficient (Wildman–Crippen LogP) is -1.50.